The fourth-order valence-corrected chi connectivity index (χ4v) is 5.76. The molecule has 0 radical (unpaired) electrons. The van der Waals surface area contributed by atoms with Crippen LogP contribution >= 0.6 is 11.8 Å². The van der Waals surface area contributed by atoms with Crippen LogP contribution in [0, 0.1) is 0 Å². The van der Waals surface area contributed by atoms with Gasteiger partial charge in [-0.2, -0.15) is 0 Å². The molecule has 0 saturated carbocycles. The number of aliphatic hydroxyl groups is 1. The highest BCUT2D eigenvalue weighted by atomic mass is 32.2. The number of ether oxygens (including phenoxy) is 2. The molecule has 0 aromatic heterocycles. The Kier molecular flexibility index (Phi) is 9.89. The zero-order valence-corrected chi connectivity index (χ0v) is 23.6. The second kappa shape index (κ2) is 14.2. The molecule has 3 atom stereocenters. The van der Waals surface area contributed by atoms with Crippen molar-refractivity contribution in [1.82, 2.24) is 5.32 Å². The van der Waals surface area contributed by atoms with Crippen molar-refractivity contribution in [3.8, 4) is 0 Å². The maximum atomic E-state index is 12.6. The van der Waals surface area contributed by atoms with Gasteiger partial charge in [0.1, 0.15) is 0 Å². The smallest absolute Gasteiger partial charge is 0.336 e. The predicted molar refractivity (Wildman–Crippen MR) is 161 cm³/mol. The molecule has 4 aromatic carbocycles. The summed E-state index contributed by atoms with van der Waals surface area (Å²) in [6, 6.07) is 31.2. The van der Waals surface area contributed by atoms with Crippen LogP contribution in [0.25, 0.3) is 0 Å². The van der Waals surface area contributed by atoms with Crippen molar-refractivity contribution in [3.63, 3.8) is 0 Å². The number of hydrogen-bond donors (Lipinski definition) is 4. The standard InChI is InChI=1S/C33H32N2O6S/c36-20-23-13-15-24(16-14-23)29-18-27(21-42-30-12-5-4-11-28(30)31(37)38)40-32(41-29)25-9-6-10-26(17-25)35-33(39)34-19-22-7-2-1-3-8-22/h1-17,27,29,32,36H,18-21H2,(H,37,38)(H2,34,35,39)/t27-,29+,32+/m0/s1. The summed E-state index contributed by atoms with van der Waals surface area (Å²) < 4.78 is 12.8. The first-order chi connectivity index (χ1) is 20.5. The van der Waals surface area contributed by atoms with Gasteiger partial charge in [0.2, 0.25) is 0 Å². The Hall–Kier alpha value is -4.15. The van der Waals surface area contributed by atoms with Gasteiger partial charge in [-0.15, -0.1) is 11.8 Å². The van der Waals surface area contributed by atoms with E-state index < -0.39 is 12.3 Å². The molecule has 1 saturated heterocycles. The molecule has 2 amide bonds. The second-order valence-electron chi connectivity index (χ2n) is 9.88. The minimum Gasteiger partial charge on any atom is -0.478 e. The maximum absolute atomic E-state index is 12.6. The highest BCUT2D eigenvalue weighted by molar-refractivity contribution is 7.99. The molecule has 216 valence electrons. The summed E-state index contributed by atoms with van der Waals surface area (Å²) in [5.41, 5.74) is 4.36. The third-order valence-electron chi connectivity index (χ3n) is 6.87. The van der Waals surface area contributed by atoms with E-state index in [0.29, 0.717) is 29.3 Å². The monoisotopic (exact) mass is 584 g/mol. The van der Waals surface area contributed by atoms with Crippen LogP contribution in [0.1, 0.15) is 51.4 Å². The van der Waals surface area contributed by atoms with Crippen LogP contribution in [-0.4, -0.2) is 34.1 Å². The summed E-state index contributed by atoms with van der Waals surface area (Å²) in [5, 5.41) is 24.8. The molecular formula is C33H32N2O6S. The van der Waals surface area contributed by atoms with Crippen LogP contribution in [0.15, 0.2) is 108 Å². The SMILES string of the molecule is O=C(NCc1ccccc1)Nc1cccc([C@@H]2O[C@H](CSc3ccccc3C(=O)O)C[C@H](c3ccc(CO)cc3)O2)c1. The van der Waals surface area contributed by atoms with Gasteiger partial charge in [0.15, 0.2) is 6.29 Å². The van der Waals surface area contributed by atoms with Crippen molar-refractivity contribution >= 4 is 29.4 Å². The van der Waals surface area contributed by atoms with E-state index >= 15 is 0 Å². The number of thioether (sulfide) groups is 1. The number of benzene rings is 4. The van der Waals surface area contributed by atoms with Gasteiger partial charge < -0.3 is 30.3 Å². The molecule has 9 heteroatoms. The van der Waals surface area contributed by atoms with Gasteiger partial charge in [-0.3, -0.25) is 0 Å². The molecule has 4 N–H and O–H groups in total. The molecule has 1 fully saturated rings. The zero-order chi connectivity index (χ0) is 29.3. The first-order valence-electron chi connectivity index (χ1n) is 13.6. The number of carboxylic acid groups (broad SMARTS) is 1. The molecule has 0 bridgehead atoms. The van der Waals surface area contributed by atoms with Crippen LogP contribution < -0.4 is 10.6 Å². The number of carboxylic acids is 1. The van der Waals surface area contributed by atoms with Crippen molar-refractivity contribution in [1.29, 1.82) is 0 Å². The van der Waals surface area contributed by atoms with E-state index in [4.69, 9.17) is 9.47 Å². The molecule has 4 aromatic rings. The van der Waals surface area contributed by atoms with E-state index in [0.717, 1.165) is 22.3 Å². The molecule has 0 aliphatic carbocycles. The minimum absolute atomic E-state index is 0.0431. The molecule has 42 heavy (non-hydrogen) atoms. The van der Waals surface area contributed by atoms with E-state index in [9.17, 15) is 19.8 Å². The first kappa shape index (κ1) is 29.3. The molecule has 1 aliphatic rings. The summed E-state index contributed by atoms with van der Waals surface area (Å²) in [6.07, 6.45) is -0.681. The van der Waals surface area contributed by atoms with Gasteiger partial charge >= 0.3 is 12.0 Å². The van der Waals surface area contributed by atoms with Crippen molar-refractivity contribution < 1.29 is 29.3 Å². The Labute approximate surface area is 248 Å². The Balaban J connectivity index is 1.31. The molecule has 0 unspecified atom stereocenters. The molecular weight excluding hydrogens is 552 g/mol. The number of anilines is 1. The van der Waals surface area contributed by atoms with Crippen LogP contribution in [0.3, 0.4) is 0 Å². The fraction of sp³-hybridized carbons (Fsp3) is 0.212. The van der Waals surface area contributed by atoms with Crippen LogP contribution in [0.5, 0.6) is 0 Å². The lowest BCUT2D eigenvalue weighted by molar-refractivity contribution is -0.245. The number of aliphatic hydroxyl groups excluding tert-OH is 1. The summed E-state index contributed by atoms with van der Waals surface area (Å²) in [5.74, 6) is -0.447. The molecule has 1 aliphatic heterocycles. The van der Waals surface area contributed by atoms with E-state index in [1.54, 1.807) is 24.3 Å². The van der Waals surface area contributed by atoms with Crippen molar-refractivity contribution in [3.05, 3.63) is 131 Å². The molecule has 5 rings (SSSR count). The third kappa shape index (κ3) is 7.77. The highest BCUT2D eigenvalue weighted by Gasteiger charge is 2.32. The summed E-state index contributed by atoms with van der Waals surface area (Å²) in [4.78, 5) is 24.9. The number of hydrogen-bond acceptors (Lipinski definition) is 6. The van der Waals surface area contributed by atoms with Gasteiger partial charge in [-0.1, -0.05) is 78.9 Å². The quantitative estimate of drug-likeness (QED) is 0.157. The highest BCUT2D eigenvalue weighted by Crippen LogP contribution is 2.40. The Morgan fingerprint density at radius 3 is 2.36 bits per heavy atom. The van der Waals surface area contributed by atoms with Crippen LogP contribution in [0.2, 0.25) is 0 Å². The van der Waals surface area contributed by atoms with Crippen LogP contribution in [0.4, 0.5) is 10.5 Å². The number of amides is 2. The van der Waals surface area contributed by atoms with Gasteiger partial charge in [-0.05, 0) is 41.0 Å². The number of carbonyl (C=O) groups is 2. The lowest BCUT2D eigenvalue weighted by Gasteiger charge is -2.36. The summed E-state index contributed by atoms with van der Waals surface area (Å²) in [7, 11) is 0. The van der Waals surface area contributed by atoms with Crippen LogP contribution in [-0.2, 0) is 22.6 Å². The van der Waals surface area contributed by atoms with Gasteiger partial charge in [0, 0.05) is 34.9 Å². The van der Waals surface area contributed by atoms with E-state index in [2.05, 4.69) is 10.6 Å². The lowest BCUT2D eigenvalue weighted by Crippen LogP contribution is -2.31. The number of nitrogens with one attached hydrogen (secondary N) is 2. The van der Waals surface area contributed by atoms with E-state index in [1.165, 1.54) is 11.8 Å². The average molecular weight is 585 g/mol. The minimum atomic E-state index is -0.970. The Morgan fingerprint density at radius 1 is 0.833 bits per heavy atom. The van der Waals surface area contributed by atoms with Crippen molar-refractivity contribution in [2.24, 2.45) is 0 Å². The predicted octanol–water partition coefficient (Wildman–Crippen LogP) is 6.54. The third-order valence-corrected chi connectivity index (χ3v) is 8.08. The maximum Gasteiger partial charge on any atom is 0.336 e. The Bertz CT molecular complexity index is 1500. The summed E-state index contributed by atoms with van der Waals surface area (Å²) in [6.45, 7) is 0.362. The number of rotatable bonds is 10. The normalized spacial score (nSPS) is 18.3. The number of carbonyl (C=O) groups excluding carboxylic acids is 1. The number of urea groups is 1. The van der Waals surface area contributed by atoms with Crippen molar-refractivity contribution in [2.45, 2.75) is 43.0 Å². The largest absolute Gasteiger partial charge is 0.478 e. The summed E-state index contributed by atoms with van der Waals surface area (Å²) >= 11 is 1.44. The number of aromatic carboxylic acids is 1. The van der Waals surface area contributed by atoms with Gasteiger partial charge in [0.05, 0.1) is 24.4 Å². The lowest BCUT2D eigenvalue weighted by atomic mass is 10.0. The molecule has 0 spiro atoms. The van der Waals surface area contributed by atoms with Gasteiger partial charge in [-0.25, -0.2) is 9.59 Å². The second-order valence-corrected chi connectivity index (χ2v) is 10.9. The fourth-order valence-electron chi connectivity index (χ4n) is 4.69. The Morgan fingerprint density at radius 2 is 1.60 bits per heavy atom. The van der Waals surface area contributed by atoms with E-state index in [-0.39, 0.29) is 30.4 Å². The average Bonchev–Trinajstić information content (AvgIpc) is 3.03. The van der Waals surface area contributed by atoms with Crippen molar-refractivity contribution in [2.75, 3.05) is 11.1 Å². The topological polar surface area (TPSA) is 117 Å². The van der Waals surface area contributed by atoms with Gasteiger partial charge in [0.25, 0.3) is 0 Å². The zero-order valence-electron chi connectivity index (χ0n) is 22.8. The van der Waals surface area contributed by atoms with E-state index in [1.807, 2.05) is 78.9 Å². The molecule has 8 nitrogen and oxygen atoms in total. The first-order valence-corrected chi connectivity index (χ1v) is 14.6. The molecule has 1 heterocycles.